The third-order valence-corrected chi connectivity index (χ3v) is 4.64. The van der Waals surface area contributed by atoms with Gasteiger partial charge in [0.2, 0.25) is 0 Å². The van der Waals surface area contributed by atoms with Crippen LogP contribution in [0.25, 0.3) is 0 Å². The van der Waals surface area contributed by atoms with Crippen LogP contribution in [0, 0.1) is 0 Å². The molecular formula is C18H31ClIN5. The summed E-state index contributed by atoms with van der Waals surface area (Å²) in [5, 5.41) is 3.99. The van der Waals surface area contributed by atoms with Crippen molar-refractivity contribution in [2.75, 3.05) is 50.7 Å². The van der Waals surface area contributed by atoms with Gasteiger partial charge in [0.15, 0.2) is 5.96 Å². The Kier molecular flexibility index (Phi) is 11.2. The van der Waals surface area contributed by atoms with E-state index in [4.69, 9.17) is 17.3 Å². The van der Waals surface area contributed by atoms with E-state index >= 15 is 0 Å². The lowest BCUT2D eigenvalue weighted by molar-refractivity contribution is 0.256. The van der Waals surface area contributed by atoms with E-state index in [1.807, 2.05) is 18.2 Å². The van der Waals surface area contributed by atoms with Gasteiger partial charge in [-0.25, -0.2) is 0 Å². The highest BCUT2D eigenvalue weighted by molar-refractivity contribution is 14.0. The van der Waals surface area contributed by atoms with Gasteiger partial charge in [-0.05, 0) is 25.0 Å². The number of nitrogens with one attached hydrogen (secondary N) is 1. The molecule has 2 rings (SSSR count). The van der Waals surface area contributed by atoms with Crippen molar-refractivity contribution in [2.45, 2.75) is 26.2 Å². The molecule has 0 aliphatic carbocycles. The maximum atomic E-state index is 6.28. The lowest BCUT2D eigenvalue weighted by atomic mass is 10.2. The van der Waals surface area contributed by atoms with Gasteiger partial charge in [0.05, 0.1) is 10.7 Å². The number of para-hydroxylation sites is 1. The van der Waals surface area contributed by atoms with Crippen molar-refractivity contribution in [1.82, 2.24) is 10.2 Å². The van der Waals surface area contributed by atoms with Crippen LogP contribution in [0.4, 0.5) is 5.69 Å². The summed E-state index contributed by atoms with van der Waals surface area (Å²) in [6.07, 6.45) is 3.34. The number of nitrogens with two attached hydrogens (primary N) is 1. The molecule has 142 valence electrons. The van der Waals surface area contributed by atoms with E-state index < -0.39 is 0 Å². The first kappa shape index (κ1) is 22.3. The van der Waals surface area contributed by atoms with E-state index in [9.17, 15) is 0 Å². The maximum Gasteiger partial charge on any atom is 0.188 e. The summed E-state index contributed by atoms with van der Waals surface area (Å²) in [6, 6.07) is 8.08. The third-order valence-electron chi connectivity index (χ3n) is 4.32. The number of nitrogens with zero attached hydrogens (tertiary/aromatic N) is 3. The Morgan fingerprint density at radius 2 is 1.92 bits per heavy atom. The molecule has 0 aromatic heterocycles. The number of halogens is 2. The van der Waals surface area contributed by atoms with Crippen molar-refractivity contribution in [3.8, 4) is 0 Å². The number of aliphatic imine (C=N–C) groups is 1. The van der Waals surface area contributed by atoms with Gasteiger partial charge in [-0.15, -0.1) is 24.0 Å². The van der Waals surface area contributed by atoms with Gasteiger partial charge in [-0.2, -0.15) is 0 Å². The summed E-state index contributed by atoms with van der Waals surface area (Å²) in [5.41, 5.74) is 6.98. The zero-order chi connectivity index (χ0) is 17.2. The SMILES string of the molecule is CCCCNC(N)=NCCCN1CCN(c2ccccc2Cl)CC1.I. The van der Waals surface area contributed by atoms with E-state index in [0.717, 1.165) is 69.4 Å². The molecule has 0 spiro atoms. The first-order chi connectivity index (χ1) is 11.7. The summed E-state index contributed by atoms with van der Waals surface area (Å²) in [4.78, 5) is 9.24. The molecule has 1 aromatic carbocycles. The van der Waals surface area contributed by atoms with Crippen LogP contribution in [0.5, 0.6) is 0 Å². The van der Waals surface area contributed by atoms with Crippen molar-refractivity contribution in [1.29, 1.82) is 0 Å². The van der Waals surface area contributed by atoms with Crippen LogP contribution >= 0.6 is 35.6 Å². The molecule has 1 aromatic rings. The highest BCUT2D eigenvalue weighted by atomic mass is 127. The van der Waals surface area contributed by atoms with E-state index in [0.29, 0.717) is 5.96 Å². The Morgan fingerprint density at radius 3 is 2.60 bits per heavy atom. The van der Waals surface area contributed by atoms with Crippen molar-refractivity contribution >= 4 is 47.2 Å². The Hall–Kier alpha value is -0.730. The first-order valence-corrected chi connectivity index (χ1v) is 9.34. The Morgan fingerprint density at radius 1 is 1.20 bits per heavy atom. The third kappa shape index (κ3) is 8.00. The Labute approximate surface area is 174 Å². The number of hydrogen-bond donors (Lipinski definition) is 2. The summed E-state index contributed by atoms with van der Waals surface area (Å²) < 4.78 is 0. The number of hydrogen-bond acceptors (Lipinski definition) is 3. The molecule has 5 nitrogen and oxygen atoms in total. The van der Waals surface area contributed by atoms with Crippen LogP contribution in [-0.4, -0.2) is 56.7 Å². The molecule has 0 atom stereocenters. The van der Waals surface area contributed by atoms with Crippen LogP contribution in [-0.2, 0) is 0 Å². The molecule has 3 N–H and O–H groups in total. The zero-order valence-corrected chi connectivity index (χ0v) is 18.2. The molecule has 0 bridgehead atoms. The highest BCUT2D eigenvalue weighted by Crippen LogP contribution is 2.25. The second-order valence-electron chi connectivity index (χ2n) is 6.18. The minimum absolute atomic E-state index is 0. The van der Waals surface area contributed by atoms with Gasteiger partial charge >= 0.3 is 0 Å². The normalized spacial score (nSPS) is 15.8. The molecule has 1 fully saturated rings. The van der Waals surface area contributed by atoms with Crippen LogP contribution in [0.2, 0.25) is 5.02 Å². The summed E-state index contributed by atoms with van der Waals surface area (Å²) in [7, 11) is 0. The summed E-state index contributed by atoms with van der Waals surface area (Å²) >= 11 is 6.28. The minimum Gasteiger partial charge on any atom is -0.370 e. The predicted molar refractivity (Wildman–Crippen MR) is 120 cm³/mol. The van der Waals surface area contributed by atoms with Crippen molar-refractivity contribution < 1.29 is 0 Å². The predicted octanol–water partition coefficient (Wildman–Crippen LogP) is 3.17. The second-order valence-corrected chi connectivity index (χ2v) is 6.59. The standard InChI is InChI=1S/C18H30ClN5.HI/c1-2-3-9-21-18(20)22-10-6-11-23-12-14-24(15-13-23)17-8-5-4-7-16(17)19;/h4-5,7-8H,2-3,6,9-15H2,1H3,(H3,20,21,22);1H. The fourth-order valence-corrected chi connectivity index (χ4v) is 3.12. The quantitative estimate of drug-likeness (QED) is 0.260. The topological polar surface area (TPSA) is 56.9 Å². The lowest BCUT2D eigenvalue weighted by Gasteiger charge is -2.36. The monoisotopic (exact) mass is 479 g/mol. The fraction of sp³-hybridized carbons (Fsp3) is 0.611. The van der Waals surface area contributed by atoms with Crippen LogP contribution in [0.3, 0.4) is 0 Å². The molecular weight excluding hydrogens is 449 g/mol. The maximum absolute atomic E-state index is 6.28. The van der Waals surface area contributed by atoms with Crippen LogP contribution in [0.15, 0.2) is 29.3 Å². The number of unbranched alkanes of at least 4 members (excludes halogenated alkanes) is 1. The largest absolute Gasteiger partial charge is 0.370 e. The number of guanidine groups is 1. The fourth-order valence-electron chi connectivity index (χ4n) is 2.86. The second kappa shape index (κ2) is 12.6. The summed E-state index contributed by atoms with van der Waals surface area (Å²) in [5.74, 6) is 0.576. The van der Waals surface area contributed by atoms with Gasteiger partial charge in [-0.3, -0.25) is 9.89 Å². The molecule has 1 saturated heterocycles. The van der Waals surface area contributed by atoms with Crippen LogP contribution in [0.1, 0.15) is 26.2 Å². The van der Waals surface area contributed by atoms with Crippen molar-refractivity contribution in [3.63, 3.8) is 0 Å². The summed E-state index contributed by atoms with van der Waals surface area (Å²) in [6.45, 7) is 9.12. The Bertz CT molecular complexity index is 518. The van der Waals surface area contributed by atoms with Crippen LogP contribution < -0.4 is 16.0 Å². The van der Waals surface area contributed by atoms with Gasteiger partial charge < -0.3 is 16.0 Å². The van der Waals surface area contributed by atoms with Gasteiger partial charge in [0.1, 0.15) is 0 Å². The lowest BCUT2D eigenvalue weighted by Crippen LogP contribution is -2.46. The molecule has 0 saturated carbocycles. The molecule has 0 unspecified atom stereocenters. The number of anilines is 1. The molecule has 25 heavy (non-hydrogen) atoms. The average molecular weight is 480 g/mol. The first-order valence-electron chi connectivity index (χ1n) is 8.96. The molecule has 1 heterocycles. The smallest absolute Gasteiger partial charge is 0.188 e. The van der Waals surface area contributed by atoms with E-state index in [1.54, 1.807) is 0 Å². The van der Waals surface area contributed by atoms with Gasteiger partial charge in [0.25, 0.3) is 0 Å². The zero-order valence-electron chi connectivity index (χ0n) is 15.1. The average Bonchev–Trinajstić information content (AvgIpc) is 2.60. The number of benzene rings is 1. The molecule has 1 aliphatic rings. The number of rotatable bonds is 8. The molecule has 1 aliphatic heterocycles. The number of piperazine rings is 1. The van der Waals surface area contributed by atoms with Crippen molar-refractivity contribution in [3.05, 3.63) is 29.3 Å². The molecule has 0 amide bonds. The Balaban J connectivity index is 0.00000312. The molecule has 7 heteroatoms. The van der Waals surface area contributed by atoms with Crippen molar-refractivity contribution in [2.24, 2.45) is 10.7 Å². The minimum atomic E-state index is 0. The van der Waals surface area contributed by atoms with E-state index in [-0.39, 0.29) is 24.0 Å². The molecule has 0 radical (unpaired) electrons. The van der Waals surface area contributed by atoms with E-state index in [1.165, 1.54) is 6.42 Å². The van der Waals surface area contributed by atoms with Gasteiger partial charge in [-0.1, -0.05) is 37.1 Å². The van der Waals surface area contributed by atoms with Gasteiger partial charge in [0, 0.05) is 45.8 Å². The highest BCUT2D eigenvalue weighted by Gasteiger charge is 2.18. The van der Waals surface area contributed by atoms with E-state index in [2.05, 4.69) is 33.1 Å².